The Hall–Kier alpha value is -1.02. The van der Waals surface area contributed by atoms with Crippen LogP contribution < -0.4 is 5.32 Å². The van der Waals surface area contributed by atoms with Crippen LogP contribution in [-0.2, 0) is 18.3 Å². The quantitative estimate of drug-likeness (QED) is 0.863. The molecular weight excluding hydrogens is 364 g/mol. The number of nitrogens with zero attached hydrogens (tertiary/aromatic N) is 3. The maximum atomic E-state index is 13.3. The molecule has 2 unspecified atom stereocenters. The smallest absolute Gasteiger partial charge is 0.240 e. The van der Waals surface area contributed by atoms with Crippen molar-refractivity contribution in [1.29, 1.82) is 0 Å². The molecule has 1 N–H and O–H groups in total. The van der Waals surface area contributed by atoms with E-state index in [2.05, 4.69) is 21.7 Å². The number of aromatic nitrogens is 2. The van der Waals surface area contributed by atoms with Gasteiger partial charge in [-0.15, -0.1) is 35.5 Å². The van der Waals surface area contributed by atoms with Crippen molar-refractivity contribution in [3.05, 3.63) is 40.1 Å². The van der Waals surface area contributed by atoms with Gasteiger partial charge in [-0.1, -0.05) is 0 Å². The van der Waals surface area contributed by atoms with Crippen LogP contribution in [0.4, 0.5) is 0 Å². The van der Waals surface area contributed by atoms with Gasteiger partial charge in [0, 0.05) is 44.0 Å². The van der Waals surface area contributed by atoms with Crippen molar-refractivity contribution in [3.8, 4) is 0 Å². The van der Waals surface area contributed by atoms with E-state index in [-0.39, 0.29) is 29.6 Å². The molecule has 2 aromatic heterocycles. The van der Waals surface area contributed by atoms with E-state index in [1.807, 2.05) is 22.7 Å². The molecule has 0 saturated carbocycles. The van der Waals surface area contributed by atoms with Crippen LogP contribution in [0.3, 0.4) is 0 Å². The number of hydrogen-bond acceptors (Lipinski definition) is 5. The Morgan fingerprint density at radius 2 is 2.33 bits per heavy atom. The van der Waals surface area contributed by atoms with Gasteiger partial charge in [0.1, 0.15) is 17.1 Å². The summed E-state index contributed by atoms with van der Waals surface area (Å²) in [6.45, 7) is 2.36. The molecule has 2 aliphatic heterocycles. The first-order chi connectivity index (χ1) is 11.3. The number of hydrogen-bond donors (Lipinski definition) is 1. The summed E-state index contributed by atoms with van der Waals surface area (Å²) >= 11 is 3.56. The predicted octanol–water partition coefficient (Wildman–Crippen LogP) is 2.41. The Morgan fingerprint density at radius 3 is 3.12 bits per heavy atom. The van der Waals surface area contributed by atoms with E-state index < -0.39 is 0 Å². The molecule has 4 rings (SSSR count). The molecular formula is C16H21ClN4OS2. The van der Waals surface area contributed by atoms with Crippen LogP contribution in [0.2, 0.25) is 0 Å². The van der Waals surface area contributed by atoms with Crippen LogP contribution in [0, 0.1) is 0 Å². The number of fused-ring (bicyclic) bond motifs is 1. The molecule has 2 aliphatic rings. The van der Waals surface area contributed by atoms with Gasteiger partial charge in [-0.2, -0.15) is 0 Å². The van der Waals surface area contributed by atoms with Gasteiger partial charge in [0.05, 0.1) is 0 Å². The Morgan fingerprint density at radius 1 is 1.46 bits per heavy atom. The molecule has 1 saturated heterocycles. The number of carbonyl (C=O) groups is 1. The molecule has 5 nitrogen and oxygen atoms in total. The lowest BCUT2D eigenvalue weighted by Crippen LogP contribution is -2.50. The molecule has 24 heavy (non-hydrogen) atoms. The fraction of sp³-hybridized carbons (Fsp3) is 0.500. The van der Waals surface area contributed by atoms with Gasteiger partial charge < -0.3 is 14.8 Å². The second-order valence-corrected chi connectivity index (χ2v) is 8.16. The van der Waals surface area contributed by atoms with E-state index in [1.165, 1.54) is 10.4 Å². The SMILES string of the molecule is Cl.Cn1ccnc1C1CNCCN1C(=O)C1SCCc2sccc21. The minimum absolute atomic E-state index is 0. The van der Waals surface area contributed by atoms with Crippen LogP contribution in [0.25, 0.3) is 0 Å². The number of rotatable bonds is 2. The maximum absolute atomic E-state index is 13.3. The molecule has 4 heterocycles. The standard InChI is InChI=1S/C16H20N4OS2.ClH/c1-19-6-5-18-15(19)12-10-17-4-7-20(12)16(21)14-11-2-8-22-13(11)3-9-23-14;/h2,5-6,8,12,14,17H,3-4,7,9-10H2,1H3;1H. The molecule has 0 aliphatic carbocycles. The summed E-state index contributed by atoms with van der Waals surface area (Å²) in [5.74, 6) is 2.23. The van der Waals surface area contributed by atoms with Gasteiger partial charge in [0.25, 0.3) is 0 Å². The molecule has 2 aromatic rings. The number of aryl methyl sites for hydroxylation is 2. The van der Waals surface area contributed by atoms with Crippen molar-refractivity contribution in [2.75, 3.05) is 25.4 Å². The van der Waals surface area contributed by atoms with E-state index in [4.69, 9.17) is 0 Å². The maximum Gasteiger partial charge on any atom is 0.240 e. The third kappa shape index (κ3) is 3.10. The fourth-order valence-corrected chi connectivity index (χ4v) is 5.76. The van der Waals surface area contributed by atoms with Crippen molar-refractivity contribution in [2.24, 2.45) is 7.05 Å². The van der Waals surface area contributed by atoms with Crippen molar-refractivity contribution in [2.45, 2.75) is 17.7 Å². The summed E-state index contributed by atoms with van der Waals surface area (Å²) < 4.78 is 2.02. The monoisotopic (exact) mass is 384 g/mol. The van der Waals surface area contributed by atoms with Crippen LogP contribution >= 0.6 is 35.5 Å². The van der Waals surface area contributed by atoms with E-state index in [0.29, 0.717) is 0 Å². The highest BCUT2D eigenvalue weighted by Gasteiger charge is 2.37. The Labute approximate surface area is 156 Å². The minimum atomic E-state index is -0.0501. The first-order valence-electron chi connectivity index (χ1n) is 7.92. The largest absolute Gasteiger partial charge is 0.336 e. The Bertz CT molecular complexity index is 717. The van der Waals surface area contributed by atoms with E-state index in [0.717, 1.165) is 37.6 Å². The van der Waals surface area contributed by atoms with Gasteiger partial charge in [0.15, 0.2) is 0 Å². The molecule has 0 spiro atoms. The summed E-state index contributed by atoms with van der Waals surface area (Å²) in [5.41, 5.74) is 1.23. The third-order valence-corrected chi connectivity index (χ3v) is 6.81. The minimum Gasteiger partial charge on any atom is -0.336 e. The number of amides is 1. The Kier molecular flexibility index (Phi) is 5.54. The van der Waals surface area contributed by atoms with Gasteiger partial charge in [-0.3, -0.25) is 4.79 Å². The van der Waals surface area contributed by atoms with Crippen molar-refractivity contribution in [1.82, 2.24) is 19.8 Å². The van der Waals surface area contributed by atoms with E-state index >= 15 is 0 Å². The highest BCUT2D eigenvalue weighted by molar-refractivity contribution is 8.00. The third-order valence-electron chi connectivity index (χ3n) is 4.58. The zero-order valence-electron chi connectivity index (χ0n) is 13.5. The molecule has 2 atom stereocenters. The number of nitrogens with one attached hydrogen (secondary N) is 1. The zero-order valence-corrected chi connectivity index (χ0v) is 15.9. The van der Waals surface area contributed by atoms with Crippen molar-refractivity contribution >= 4 is 41.4 Å². The lowest BCUT2D eigenvalue weighted by molar-refractivity contribution is -0.134. The van der Waals surface area contributed by atoms with E-state index in [1.54, 1.807) is 29.3 Å². The van der Waals surface area contributed by atoms with Crippen LogP contribution in [-0.4, -0.2) is 45.7 Å². The number of imidazole rings is 1. The summed E-state index contributed by atoms with van der Waals surface area (Å²) in [7, 11) is 1.99. The first kappa shape index (κ1) is 17.8. The number of thioether (sulfide) groups is 1. The fourth-order valence-electron chi connectivity index (χ4n) is 3.40. The lowest BCUT2D eigenvalue weighted by Gasteiger charge is -2.38. The number of carbonyl (C=O) groups excluding carboxylic acids is 1. The highest BCUT2D eigenvalue weighted by atomic mass is 35.5. The van der Waals surface area contributed by atoms with E-state index in [9.17, 15) is 4.79 Å². The second kappa shape index (κ2) is 7.47. The molecule has 0 bridgehead atoms. The van der Waals surface area contributed by atoms with Gasteiger partial charge in [-0.25, -0.2) is 4.98 Å². The average Bonchev–Trinajstić information content (AvgIpc) is 3.22. The van der Waals surface area contributed by atoms with Crippen LogP contribution in [0.15, 0.2) is 23.8 Å². The number of thiophene rings is 1. The molecule has 8 heteroatoms. The summed E-state index contributed by atoms with van der Waals surface area (Å²) in [4.78, 5) is 21.2. The predicted molar refractivity (Wildman–Crippen MR) is 101 cm³/mol. The van der Waals surface area contributed by atoms with Crippen LogP contribution in [0.5, 0.6) is 0 Å². The highest BCUT2D eigenvalue weighted by Crippen LogP contribution is 2.41. The molecule has 130 valence electrons. The molecule has 1 fully saturated rings. The summed E-state index contributed by atoms with van der Waals surface area (Å²) in [5, 5.41) is 5.47. The van der Waals surface area contributed by atoms with Crippen molar-refractivity contribution in [3.63, 3.8) is 0 Å². The van der Waals surface area contributed by atoms with Crippen molar-refractivity contribution < 1.29 is 4.79 Å². The first-order valence-corrected chi connectivity index (χ1v) is 9.85. The van der Waals surface area contributed by atoms with Gasteiger partial charge in [-0.05, 0) is 29.2 Å². The molecule has 1 amide bonds. The number of piperazine rings is 1. The zero-order chi connectivity index (χ0) is 15.8. The van der Waals surface area contributed by atoms with Gasteiger partial charge in [0.2, 0.25) is 5.91 Å². The molecule has 0 aromatic carbocycles. The summed E-state index contributed by atoms with van der Waals surface area (Å²) in [6.07, 6.45) is 4.84. The summed E-state index contributed by atoms with van der Waals surface area (Å²) in [6, 6.07) is 2.15. The second-order valence-electron chi connectivity index (χ2n) is 5.95. The van der Waals surface area contributed by atoms with Crippen LogP contribution in [0.1, 0.15) is 27.6 Å². The van der Waals surface area contributed by atoms with Gasteiger partial charge >= 0.3 is 0 Å². The topological polar surface area (TPSA) is 50.2 Å². The average molecular weight is 385 g/mol. The Balaban J connectivity index is 0.00000169. The number of halogens is 1. The normalized spacial score (nSPS) is 23.5. The lowest BCUT2D eigenvalue weighted by atomic mass is 10.1. The molecule has 0 radical (unpaired) electrons.